The van der Waals surface area contributed by atoms with Gasteiger partial charge in [0.2, 0.25) is 0 Å². The second-order valence-corrected chi connectivity index (χ2v) is 15.6. The summed E-state index contributed by atoms with van der Waals surface area (Å²) < 4.78 is 0. The van der Waals surface area contributed by atoms with Gasteiger partial charge in [0.25, 0.3) is 0 Å². The molecule has 6 aromatic rings. The van der Waals surface area contributed by atoms with E-state index in [4.69, 9.17) is 0 Å². The summed E-state index contributed by atoms with van der Waals surface area (Å²) in [5.74, 6) is -2.82. The second-order valence-electron chi connectivity index (χ2n) is 15.6. The van der Waals surface area contributed by atoms with Gasteiger partial charge in [-0.3, -0.25) is 9.98 Å². The van der Waals surface area contributed by atoms with Crippen LogP contribution in [0.3, 0.4) is 0 Å². The monoisotopic (exact) mass is 784 g/mol. The number of aromatic hydroxyl groups is 6. The van der Waals surface area contributed by atoms with E-state index >= 15 is 0 Å². The molecule has 0 aromatic heterocycles. The summed E-state index contributed by atoms with van der Waals surface area (Å²) in [6, 6.07) is 21.4. The lowest BCUT2D eigenvalue weighted by atomic mass is 9.83. The van der Waals surface area contributed by atoms with Gasteiger partial charge in [-0.05, 0) is 71.6 Å². The van der Waals surface area contributed by atoms with Crippen molar-refractivity contribution in [2.75, 3.05) is 13.2 Å². The average molecular weight is 785 g/mol. The Labute approximate surface area is 338 Å². The van der Waals surface area contributed by atoms with Gasteiger partial charge in [-0.15, -0.1) is 0 Å². The number of nitrogens with zero attached hydrogens (tertiary/aromatic N) is 2. The van der Waals surface area contributed by atoms with Crippen molar-refractivity contribution in [3.8, 4) is 45.6 Å². The quantitative estimate of drug-likeness (QED) is 0.0422. The highest BCUT2D eigenvalue weighted by atomic mass is 16.3. The van der Waals surface area contributed by atoms with Gasteiger partial charge in [0.15, 0.2) is 23.0 Å². The van der Waals surface area contributed by atoms with Crippen LogP contribution in [-0.4, -0.2) is 78.6 Å². The maximum Gasteiger partial charge on any atom is 0.167 e. The zero-order chi connectivity index (χ0) is 42.0. The second kappa shape index (κ2) is 17.2. The molecular weight excluding hydrogens is 733 g/mol. The number of hydrogen-bond donors (Lipinski definition) is 8. The van der Waals surface area contributed by atoms with Crippen LogP contribution in [0.5, 0.6) is 34.5 Å². The molecule has 0 saturated heterocycles. The number of aryl methyl sites for hydroxylation is 2. The van der Waals surface area contributed by atoms with Gasteiger partial charge < -0.3 is 40.9 Å². The molecule has 0 unspecified atom stereocenters. The third kappa shape index (κ3) is 7.77. The fraction of sp³-hybridized carbons (Fsp3) is 0.292. The molecule has 6 rings (SSSR count). The van der Waals surface area contributed by atoms with E-state index in [0.717, 1.165) is 11.1 Å². The maximum atomic E-state index is 12.5. The van der Waals surface area contributed by atoms with Crippen LogP contribution in [0.15, 0.2) is 82.8 Å². The van der Waals surface area contributed by atoms with Crippen molar-refractivity contribution in [3.05, 3.63) is 117 Å². The molecule has 0 aliphatic carbocycles. The average Bonchev–Trinajstić information content (AvgIpc) is 3.19. The van der Waals surface area contributed by atoms with E-state index in [0.29, 0.717) is 45.9 Å². The zero-order valence-corrected chi connectivity index (χ0v) is 33.7. The normalized spacial score (nSPS) is 13.2. The first-order valence-electron chi connectivity index (χ1n) is 19.5. The summed E-state index contributed by atoms with van der Waals surface area (Å²) in [4.78, 5) is 9.22. The highest BCUT2D eigenvalue weighted by Gasteiger charge is 2.30. The molecular formula is C48H52N2O8. The molecule has 10 nitrogen and oxygen atoms in total. The Bertz CT molecular complexity index is 2350. The lowest BCUT2D eigenvalue weighted by molar-refractivity contribution is 0.266. The minimum Gasteiger partial charge on any atom is -0.507 e. The maximum absolute atomic E-state index is 12.5. The molecule has 10 heteroatoms. The predicted molar refractivity (Wildman–Crippen MR) is 232 cm³/mol. The van der Waals surface area contributed by atoms with Crippen molar-refractivity contribution >= 4 is 34.0 Å². The van der Waals surface area contributed by atoms with Crippen LogP contribution < -0.4 is 0 Å². The molecule has 2 atom stereocenters. The number of aliphatic hydroxyl groups is 2. The Balaban J connectivity index is 1.63. The topological polar surface area (TPSA) is 187 Å². The summed E-state index contributed by atoms with van der Waals surface area (Å²) in [5.41, 5.74) is 4.33. The Morgan fingerprint density at radius 2 is 0.845 bits per heavy atom. The SMILES string of the molecule is Cc1cc2c(C(C)C)c(O)c(O)c(C=N[C@@H](CO)Cc3ccccc3)c2c(O)c1-c1c(C)cc2c(C(C)C)c(O)c(O)c(C=N[C@@H](CO)Cc3ccccc3)c2c1O. The van der Waals surface area contributed by atoms with Crippen LogP contribution in [-0.2, 0) is 12.8 Å². The van der Waals surface area contributed by atoms with Crippen LogP contribution in [0.4, 0.5) is 0 Å². The van der Waals surface area contributed by atoms with Gasteiger partial charge in [-0.25, -0.2) is 0 Å². The summed E-state index contributed by atoms with van der Waals surface area (Å²) in [7, 11) is 0. The van der Waals surface area contributed by atoms with Crippen LogP contribution >= 0.6 is 0 Å². The molecule has 0 aliphatic rings. The molecule has 0 spiro atoms. The fourth-order valence-corrected chi connectivity index (χ4v) is 8.09. The predicted octanol–water partition coefficient (Wildman–Crippen LogP) is 8.80. The zero-order valence-electron chi connectivity index (χ0n) is 33.7. The summed E-state index contributed by atoms with van der Waals surface area (Å²) >= 11 is 0. The number of benzene rings is 6. The third-order valence-electron chi connectivity index (χ3n) is 10.9. The number of aliphatic imine (C=N–C) groups is 2. The van der Waals surface area contributed by atoms with E-state index in [9.17, 15) is 40.9 Å². The first kappa shape index (κ1) is 41.5. The summed E-state index contributed by atoms with van der Waals surface area (Å²) in [6.45, 7) is 10.4. The molecule has 0 radical (unpaired) electrons. The standard InChI is InChI=1S/C48H52N2O8/c1-25(2)37-33-17-27(5)39(45(55)41(33)35(43(53)47(37)57)21-49-31(23-51)19-29-13-9-7-10-14-29)40-28(6)18-34-38(26(3)4)48(58)44(54)36(42(34)46(40)56)22-50-32(24-52)20-30-15-11-8-12-16-30/h7-18,21-22,25-26,31-32,51-58H,19-20,23-24H2,1-6H3/t31-,32-/m1/s1. The van der Waals surface area contributed by atoms with Crippen molar-refractivity contribution in [1.82, 2.24) is 0 Å². The molecule has 0 aliphatic heterocycles. The molecule has 8 N–H and O–H groups in total. The van der Waals surface area contributed by atoms with E-state index in [2.05, 4.69) is 9.98 Å². The molecule has 0 amide bonds. The van der Waals surface area contributed by atoms with Gasteiger partial charge >= 0.3 is 0 Å². The lowest BCUT2D eigenvalue weighted by Crippen LogP contribution is -2.14. The highest BCUT2D eigenvalue weighted by molar-refractivity contribution is 6.15. The van der Waals surface area contributed by atoms with Crippen molar-refractivity contribution in [1.29, 1.82) is 0 Å². The van der Waals surface area contributed by atoms with Crippen LogP contribution in [0.2, 0.25) is 0 Å². The Morgan fingerprint density at radius 3 is 1.16 bits per heavy atom. The Morgan fingerprint density at radius 1 is 0.500 bits per heavy atom. The van der Waals surface area contributed by atoms with Crippen molar-refractivity contribution in [3.63, 3.8) is 0 Å². The van der Waals surface area contributed by atoms with Gasteiger partial charge in [0.1, 0.15) is 11.5 Å². The number of aliphatic hydroxyl groups excluding tert-OH is 2. The first-order chi connectivity index (χ1) is 27.7. The minimum atomic E-state index is -0.597. The number of hydrogen-bond acceptors (Lipinski definition) is 10. The molecule has 0 heterocycles. The summed E-state index contributed by atoms with van der Waals surface area (Å²) in [6.07, 6.45) is 3.52. The molecule has 58 heavy (non-hydrogen) atoms. The van der Waals surface area contributed by atoms with E-state index in [-0.39, 0.29) is 81.1 Å². The lowest BCUT2D eigenvalue weighted by Gasteiger charge is -2.23. The minimum absolute atomic E-state index is 0.0334. The molecule has 0 bridgehead atoms. The summed E-state index contributed by atoms with van der Waals surface area (Å²) in [5, 5.41) is 92.6. The van der Waals surface area contributed by atoms with Crippen molar-refractivity contribution < 1.29 is 40.9 Å². The largest absolute Gasteiger partial charge is 0.507 e. The van der Waals surface area contributed by atoms with Gasteiger partial charge in [0.05, 0.1) is 25.3 Å². The van der Waals surface area contributed by atoms with Gasteiger partial charge in [-0.1, -0.05) is 100 Å². The van der Waals surface area contributed by atoms with E-state index in [1.165, 1.54) is 12.4 Å². The fourth-order valence-electron chi connectivity index (χ4n) is 8.09. The smallest absolute Gasteiger partial charge is 0.167 e. The number of phenolic OH excluding ortho intramolecular Hbond substituents is 6. The van der Waals surface area contributed by atoms with E-state index < -0.39 is 23.6 Å². The number of phenols is 6. The van der Waals surface area contributed by atoms with Crippen molar-refractivity contribution in [2.45, 2.75) is 78.3 Å². The van der Waals surface area contributed by atoms with Crippen LogP contribution in [0.1, 0.15) is 84.0 Å². The van der Waals surface area contributed by atoms with E-state index in [1.807, 2.05) is 88.4 Å². The molecule has 0 fully saturated rings. The highest BCUT2D eigenvalue weighted by Crippen LogP contribution is 2.54. The van der Waals surface area contributed by atoms with Gasteiger partial charge in [0, 0.05) is 56.6 Å². The molecule has 6 aromatic carbocycles. The van der Waals surface area contributed by atoms with E-state index in [1.54, 1.807) is 26.0 Å². The third-order valence-corrected chi connectivity index (χ3v) is 10.9. The molecule has 0 saturated carbocycles. The van der Waals surface area contributed by atoms with Gasteiger partial charge in [-0.2, -0.15) is 0 Å². The molecule has 302 valence electrons. The number of fused-ring (bicyclic) bond motifs is 2. The Kier molecular flexibility index (Phi) is 12.3. The Hall–Kier alpha value is -6.10. The number of rotatable bonds is 13. The van der Waals surface area contributed by atoms with Crippen molar-refractivity contribution in [2.24, 2.45) is 9.98 Å². The van der Waals surface area contributed by atoms with Crippen LogP contribution in [0.25, 0.3) is 32.7 Å². The first-order valence-corrected chi connectivity index (χ1v) is 19.5. The van der Waals surface area contributed by atoms with Crippen LogP contribution in [0, 0.1) is 13.8 Å².